The van der Waals surface area contributed by atoms with Crippen LogP contribution in [0.1, 0.15) is 25.3 Å². The summed E-state index contributed by atoms with van der Waals surface area (Å²) in [5, 5.41) is 3.17. The predicted molar refractivity (Wildman–Crippen MR) is 108 cm³/mol. The van der Waals surface area contributed by atoms with Crippen LogP contribution in [0.15, 0.2) is 30.3 Å². The van der Waals surface area contributed by atoms with E-state index in [0.717, 1.165) is 23.3 Å². The van der Waals surface area contributed by atoms with E-state index in [1.807, 2.05) is 30.3 Å². The molecule has 8 heteroatoms. The van der Waals surface area contributed by atoms with Gasteiger partial charge in [0.15, 0.2) is 0 Å². The first-order valence-electron chi connectivity index (χ1n) is 10.1. The van der Waals surface area contributed by atoms with E-state index in [9.17, 15) is 14.4 Å². The largest absolute Gasteiger partial charge is 0.382 e. The van der Waals surface area contributed by atoms with Crippen molar-refractivity contribution in [2.45, 2.75) is 44.4 Å². The summed E-state index contributed by atoms with van der Waals surface area (Å²) in [6.45, 7) is 3.74. The fourth-order valence-electron chi connectivity index (χ4n) is 3.98. The summed E-state index contributed by atoms with van der Waals surface area (Å²) in [7, 11) is 3.15. The van der Waals surface area contributed by atoms with Crippen molar-refractivity contribution in [3.8, 4) is 0 Å². The van der Waals surface area contributed by atoms with Crippen molar-refractivity contribution in [2.24, 2.45) is 0 Å². The van der Waals surface area contributed by atoms with E-state index < -0.39 is 30.1 Å². The van der Waals surface area contributed by atoms with Gasteiger partial charge in [-0.15, -0.1) is 0 Å². The number of ether oxygens (including phenoxy) is 1. The van der Waals surface area contributed by atoms with Crippen LogP contribution >= 0.6 is 0 Å². The molecule has 1 aromatic carbocycles. The zero-order valence-electron chi connectivity index (χ0n) is 17.3. The predicted octanol–water partition coefficient (Wildman–Crippen LogP) is 1.06. The molecule has 2 heterocycles. The highest BCUT2D eigenvalue weighted by Crippen LogP contribution is 2.26. The molecule has 29 heavy (non-hydrogen) atoms. The number of amides is 4. The van der Waals surface area contributed by atoms with Crippen molar-refractivity contribution >= 4 is 17.8 Å². The molecule has 3 rings (SSSR count). The van der Waals surface area contributed by atoms with Crippen LogP contribution in [0.25, 0.3) is 0 Å². The number of methoxy groups -OCH3 is 1. The van der Waals surface area contributed by atoms with Crippen LogP contribution in [-0.4, -0.2) is 84.5 Å². The van der Waals surface area contributed by atoms with E-state index >= 15 is 0 Å². The lowest BCUT2D eigenvalue weighted by Gasteiger charge is -2.30. The molecule has 0 unspecified atom stereocenters. The molecular formula is C21H30N4O4. The molecule has 1 N–H and O–H groups in total. The Morgan fingerprint density at radius 1 is 1.21 bits per heavy atom. The van der Waals surface area contributed by atoms with E-state index in [1.165, 1.54) is 12.0 Å². The SMILES string of the molecule is COC[C@H]1[C@@H](C(=O)N2CCCC2)N(C(=O)[C@@H](C)NCc2ccccc2)C(=O)N1C. The van der Waals surface area contributed by atoms with E-state index in [2.05, 4.69) is 5.32 Å². The molecule has 2 aliphatic heterocycles. The summed E-state index contributed by atoms with van der Waals surface area (Å²) in [6.07, 6.45) is 1.89. The van der Waals surface area contributed by atoms with Crippen molar-refractivity contribution in [1.29, 1.82) is 0 Å². The summed E-state index contributed by atoms with van der Waals surface area (Å²) in [5.41, 5.74) is 1.04. The van der Waals surface area contributed by atoms with Gasteiger partial charge in [0.1, 0.15) is 6.04 Å². The number of carbonyl (C=O) groups is 3. The van der Waals surface area contributed by atoms with Gasteiger partial charge in [0, 0.05) is 33.8 Å². The summed E-state index contributed by atoms with van der Waals surface area (Å²) < 4.78 is 5.26. The highest BCUT2D eigenvalue weighted by molar-refractivity contribution is 6.04. The molecular weight excluding hydrogens is 372 g/mol. The average molecular weight is 402 g/mol. The second-order valence-electron chi connectivity index (χ2n) is 7.69. The lowest BCUT2D eigenvalue weighted by molar-refractivity contribution is -0.142. The number of benzene rings is 1. The van der Waals surface area contributed by atoms with Gasteiger partial charge in [-0.3, -0.25) is 9.59 Å². The molecule has 2 fully saturated rings. The van der Waals surface area contributed by atoms with Crippen molar-refractivity contribution in [1.82, 2.24) is 20.0 Å². The molecule has 0 aromatic heterocycles. The van der Waals surface area contributed by atoms with Crippen LogP contribution in [0.4, 0.5) is 4.79 Å². The lowest BCUT2D eigenvalue weighted by Crippen LogP contribution is -2.56. The lowest BCUT2D eigenvalue weighted by atomic mass is 10.1. The Bertz CT molecular complexity index is 735. The second-order valence-corrected chi connectivity index (χ2v) is 7.69. The molecule has 1 aromatic rings. The molecule has 0 spiro atoms. The van der Waals surface area contributed by atoms with Gasteiger partial charge >= 0.3 is 6.03 Å². The minimum absolute atomic E-state index is 0.175. The summed E-state index contributed by atoms with van der Waals surface area (Å²) >= 11 is 0. The average Bonchev–Trinajstić information content (AvgIpc) is 3.35. The molecule has 0 aliphatic carbocycles. The number of rotatable bonds is 7. The standard InChI is InChI=1S/C21H30N4O4/c1-15(22-13-16-9-5-4-6-10-16)19(26)25-18(20(27)24-11-7-8-12-24)17(14-29-3)23(2)21(25)28/h4-6,9-10,15,17-18,22H,7-8,11-14H2,1-3H3/t15-,17+,18+/m1/s1. The Kier molecular flexibility index (Phi) is 6.87. The Balaban J connectivity index is 1.78. The van der Waals surface area contributed by atoms with Crippen LogP contribution in [0.3, 0.4) is 0 Å². The molecule has 8 nitrogen and oxygen atoms in total. The normalized spacial score (nSPS) is 23.0. The van der Waals surface area contributed by atoms with Crippen LogP contribution in [-0.2, 0) is 20.9 Å². The number of urea groups is 1. The Labute approximate surface area is 171 Å². The van der Waals surface area contributed by atoms with E-state index in [4.69, 9.17) is 4.74 Å². The quantitative estimate of drug-likeness (QED) is 0.738. The monoisotopic (exact) mass is 402 g/mol. The first-order valence-corrected chi connectivity index (χ1v) is 10.1. The zero-order chi connectivity index (χ0) is 21.0. The molecule has 0 saturated carbocycles. The summed E-state index contributed by atoms with van der Waals surface area (Å²) in [6, 6.07) is 7.31. The first kappa shape index (κ1) is 21.3. The fourth-order valence-corrected chi connectivity index (χ4v) is 3.98. The van der Waals surface area contributed by atoms with Crippen molar-refractivity contribution in [3.63, 3.8) is 0 Å². The number of imide groups is 1. The molecule has 2 aliphatic rings. The number of carbonyl (C=O) groups excluding carboxylic acids is 3. The number of hydrogen-bond acceptors (Lipinski definition) is 5. The smallest absolute Gasteiger partial charge is 0.327 e. The molecule has 0 bridgehead atoms. The Morgan fingerprint density at radius 3 is 2.48 bits per heavy atom. The molecule has 4 amide bonds. The minimum atomic E-state index is -0.862. The van der Waals surface area contributed by atoms with Crippen LogP contribution in [0.5, 0.6) is 0 Å². The second kappa shape index (κ2) is 9.37. The number of likely N-dealkylation sites (N-methyl/N-ethyl adjacent to an activating group) is 1. The maximum atomic E-state index is 13.2. The van der Waals surface area contributed by atoms with Crippen molar-refractivity contribution < 1.29 is 19.1 Å². The molecule has 158 valence electrons. The van der Waals surface area contributed by atoms with Gasteiger partial charge in [-0.2, -0.15) is 0 Å². The topological polar surface area (TPSA) is 82.2 Å². The van der Waals surface area contributed by atoms with Gasteiger partial charge in [-0.05, 0) is 25.3 Å². The number of nitrogens with one attached hydrogen (secondary N) is 1. The van der Waals surface area contributed by atoms with Gasteiger partial charge < -0.3 is 19.9 Å². The minimum Gasteiger partial charge on any atom is -0.382 e. The van der Waals surface area contributed by atoms with Crippen LogP contribution < -0.4 is 5.32 Å². The molecule has 0 radical (unpaired) electrons. The van der Waals surface area contributed by atoms with Gasteiger partial charge in [-0.1, -0.05) is 30.3 Å². The zero-order valence-corrected chi connectivity index (χ0v) is 17.3. The third kappa shape index (κ3) is 4.43. The van der Waals surface area contributed by atoms with Crippen LogP contribution in [0, 0.1) is 0 Å². The van der Waals surface area contributed by atoms with E-state index in [0.29, 0.717) is 19.6 Å². The molecule has 2 saturated heterocycles. The van der Waals surface area contributed by atoms with Crippen molar-refractivity contribution in [3.05, 3.63) is 35.9 Å². The number of hydrogen-bond donors (Lipinski definition) is 1. The summed E-state index contributed by atoms with van der Waals surface area (Å²) in [4.78, 5) is 43.7. The first-order chi connectivity index (χ1) is 14.0. The van der Waals surface area contributed by atoms with E-state index in [-0.39, 0.29) is 12.5 Å². The molecule has 3 atom stereocenters. The maximum Gasteiger partial charge on any atom is 0.327 e. The van der Waals surface area contributed by atoms with E-state index in [1.54, 1.807) is 18.9 Å². The van der Waals surface area contributed by atoms with Gasteiger partial charge in [-0.25, -0.2) is 9.69 Å². The number of likely N-dealkylation sites (tertiary alicyclic amines) is 1. The number of nitrogens with zero attached hydrogens (tertiary/aromatic N) is 3. The summed E-state index contributed by atoms with van der Waals surface area (Å²) in [5.74, 6) is -0.570. The Hall–Kier alpha value is -2.45. The third-order valence-electron chi connectivity index (χ3n) is 5.72. The van der Waals surface area contributed by atoms with Crippen molar-refractivity contribution in [2.75, 3.05) is 33.9 Å². The van der Waals surface area contributed by atoms with Crippen LogP contribution in [0.2, 0.25) is 0 Å². The highest BCUT2D eigenvalue weighted by Gasteiger charge is 2.52. The van der Waals surface area contributed by atoms with Gasteiger partial charge in [0.25, 0.3) is 0 Å². The van der Waals surface area contributed by atoms with Gasteiger partial charge in [0.05, 0.1) is 18.7 Å². The Morgan fingerprint density at radius 2 is 1.86 bits per heavy atom. The van der Waals surface area contributed by atoms with Gasteiger partial charge in [0.2, 0.25) is 11.8 Å². The maximum absolute atomic E-state index is 13.2. The highest BCUT2D eigenvalue weighted by atomic mass is 16.5. The third-order valence-corrected chi connectivity index (χ3v) is 5.72. The fraction of sp³-hybridized carbons (Fsp3) is 0.571.